The Balaban J connectivity index is 1.50. The minimum atomic E-state index is -0.647. The zero-order chi connectivity index (χ0) is 14.4. The van der Waals surface area contributed by atoms with Crippen LogP contribution in [0.25, 0.3) is 0 Å². The molecule has 1 spiro atoms. The molecule has 0 aromatic heterocycles. The van der Waals surface area contributed by atoms with Crippen LogP contribution in [0.1, 0.15) is 36.0 Å². The number of para-hydroxylation sites is 1. The monoisotopic (exact) mass is 286 g/mol. The van der Waals surface area contributed by atoms with Gasteiger partial charge in [-0.1, -0.05) is 12.1 Å². The number of fused-ring (bicyclic) bond motifs is 1. The van der Waals surface area contributed by atoms with Crippen molar-refractivity contribution in [3.8, 4) is 5.75 Å². The highest BCUT2D eigenvalue weighted by Crippen LogP contribution is 2.36. The van der Waals surface area contributed by atoms with Gasteiger partial charge >= 0.3 is 0 Å². The predicted octanol–water partition coefficient (Wildman–Crippen LogP) is 1.54. The van der Waals surface area contributed by atoms with E-state index in [2.05, 4.69) is 5.32 Å². The molecule has 0 unspecified atom stereocenters. The van der Waals surface area contributed by atoms with Crippen LogP contribution in [0.4, 0.5) is 0 Å². The Bertz CT molecular complexity index is 601. The number of amides is 2. The van der Waals surface area contributed by atoms with Crippen molar-refractivity contribution in [2.45, 2.75) is 31.4 Å². The van der Waals surface area contributed by atoms with Crippen LogP contribution in [0.5, 0.6) is 5.75 Å². The van der Waals surface area contributed by atoms with Crippen LogP contribution in [0, 0.1) is 5.92 Å². The summed E-state index contributed by atoms with van der Waals surface area (Å²) in [5.41, 5.74) is -0.0641. The van der Waals surface area contributed by atoms with E-state index in [0.717, 1.165) is 12.8 Å². The first-order valence-electron chi connectivity index (χ1n) is 7.56. The Hall–Kier alpha value is -2.04. The van der Waals surface area contributed by atoms with E-state index >= 15 is 0 Å². The molecule has 3 aliphatic rings. The van der Waals surface area contributed by atoms with Gasteiger partial charge in [-0.2, -0.15) is 0 Å². The number of benzene rings is 1. The van der Waals surface area contributed by atoms with Crippen molar-refractivity contribution < 1.29 is 14.3 Å². The molecule has 2 amide bonds. The Kier molecular flexibility index (Phi) is 2.71. The van der Waals surface area contributed by atoms with E-state index in [0.29, 0.717) is 37.2 Å². The average Bonchev–Trinajstić information content (AvgIpc) is 3.32. The summed E-state index contributed by atoms with van der Waals surface area (Å²) in [6, 6.07) is 7.30. The molecule has 2 fully saturated rings. The fourth-order valence-corrected chi connectivity index (χ4v) is 3.16. The summed E-state index contributed by atoms with van der Waals surface area (Å²) < 4.78 is 6.07. The molecule has 1 saturated carbocycles. The normalized spacial score (nSPS) is 23.2. The third-order valence-electron chi connectivity index (χ3n) is 4.59. The van der Waals surface area contributed by atoms with Gasteiger partial charge in [0.2, 0.25) is 5.91 Å². The molecular weight excluding hydrogens is 268 g/mol. The molecule has 1 aromatic carbocycles. The molecule has 5 nitrogen and oxygen atoms in total. The van der Waals surface area contributed by atoms with Gasteiger partial charge in [-0.3, -0.25) is 9.59 Å². The van der Waals surface area contributed by atoms with Crippen molar-refractivity contribution in [2.24, 2.45) is 5.92 Å². The van der Waals surface area contributed by atoms with Crippen molar-refractivity contribution in [3.63, 3.8) is 0 Å². The molecule has 2 heterocycles. The summed E-state index contributed by atoms with van der Waals surface area (Å²) in [4.78, 5) is 26.2. The van der Waals surface area contributed by atoms with Gasteiger partial charge in [0, 0.05) is 31.8 Å². The molecule has 1 N–H and O–H groups in total. The Morgan fingerprint density at radius 2 is 1.95 bits per heavy atom. The van der Waals surface area contributed by atoms with Gasteiger partial charge < -0.3 is 15.0 Å². The van der Waals surface area contributed by atoms with E-state index in [4.69, 9.17) is 4.74 Å². The maximum atomic E-state index is 12.2. The van der Waals surface area contributed by atoms with Gasteiger partial charge in [0.25, 0.3) is 5.91 Å². The van der Waals surface area contributed by atoms with E-state index < -0.39 is 5.72 Å². The highest BCUT2D eigenvalue weighted by Gasteiger charge is 2.44. The Morgan fingerprint density at radius 3 is 2.67 bits per heavy atom. The fourth-order valence-electron chi connectivity index (χ4n) is 3.16. The number of nitrogens with zero attached hydrogens (tertiary/aromatic N) is 1. The Morgan fingerprint density at radius 1 is 1.24 bits per heavy atom. The molecule has 0 bridgehead atoms. The maximum absolute atomic E-state index is 12.2. The second kappa shape index (κ2) is 4.48. The fraction of sp³-hybridized carbons (Fsp3) is 0.500. The second-order valence-corrected chi connectivity index (χ2v) is 6.15. The maximum Gasteiger partial charge on any atom is 0.258 e. The van der Waals surface area contributed by atoms with Crippen molar-refractivity contribution in [1.29, 1.82) is 0 Å². The SMILES string of the molecule is O=C1NC2(CCN(C(=O)C3CC3)CC2)Oc2ccccc21. The van der Waals surface area contributed by atoms with Crippen molar-refractivity contribution >= 4 is 11.8 Å². The molecule has 110 valence electrons. The lowest BCUT2D eigenvalue weighted by Crippen LogP contribution is -2.61. The molecule has 4 rings (SSSR count). The summed E-state index contributed by atoms with van der Waals surface area (Å²) in [5, 5.41) is 2.99. The van der Waals surface area contributed by atoms with E-state index in [1.807, 2.05) is 23.1 Å². The van der Waals surface area contributed by atoms with Crippen molar-refractivity contribution in [1.82, 2.24) is 10.2 Å². The number of carbonyl (C=O) groups excluding carboxylic acids is 2. The first-order valence-corrected chi connectivity index (χ1v) is 7.56. The quantitative estimate of drug-likeness (QED) is 0.852. The molecule has 1 saturated heterocycles. The molecule has 0 radical (unpaired) electrons. The van der Waals surface area contributed by atoms with Crippen LogP contribution in [0.15, 0.2) is 24.3 Å². The summed E-state index contributed by atoms with van der Waals surface area (Å²) in [6.07, 6.45) is 3.35. The largest absolute Gasteiger partial charge is 0.467 e. The number of piperidine rings is 1. The number of likely N-dealkylation sites (tertiary alicyclic amines) is 1. The zero-order valence-electron chi connectivity index (χ0n) is 11.8. The number of ether oxygens (including phenoxy) is 1. The van der Waals surface area contributed by atoms with Crippen molar-refractivity contribution in [2.75, 3.05) is 13.1 Å². The molecule has 2 aliphatic heterocycles. The van der Waals surface area contributed by atoms with Crippen LogP contribution < -0.4 is 10.1 Å². The molecule has 0 atom stereocenters. The average molecular weight is 286 g/mol. The third kappa shape index (κ3) is 2.17. The van der Waals surface area contributed by atoms with Gasteiger partial charge in [-0.25, -0.2) is 0 Å². The van der Waals surface area contributed by atoms with Crippen LogP contribution >= 0.6 is 0 Å². The molecule has 1 aliphatic carbocycles. The first-order chi connectivity index (χ1) is 10.2. The minimum Gasteiger partial charge on any atom is -0.467 e. The standard InChI is InChI=1S/C16H18N2O3/c19-14-12-3-1-2-4-13(12)21-16(17-14)7-9-18(10-8-16)15(20)11-5-6-11/h1-4,11H,5-10H2,(H,17,19). The number of hydrogen-bond acceptors (Lipinski definition) is 3. The lowest BCUT2D eigenvalue weighted by molar-refractivity contribution is -0.136. The van der Waals surface area contributed by atoms with Gasteiger partial charge in [-0.05, 0) is 25.0 Å². The van der Waals surface area contributed by atoms with Crippen LogP contribution in [0.2, 0.25) is 0 Å². The third-order valence-corrected chi connectivity index (χ3v) is 4.59. The van der Waals surface area contributed by atoms with Crippen LogP contribution in [0.3, 0.4) is 0 Å². The number of hydrogen-bond donors (Lipinski definition) is 1. The number of rotatable bonds is 1. The van der Waals surface area contributed by atoms with Crippen LogP contribution in [-0.2, 0) is 4.79 Å². The second-order valence-electron chi connectivity index (χ2n) is 6.15. The lowest BCUT2D eigenvalue weighted by atomic mass is 9.96. The summed E-state index contributed by atoms with van der Waals surface area (Å²) in [7, 11) is 0. The molecule has 5 heteroatoms. The van der Waals surface area contributed by atoms with Gasteiger partial charge in [0.05, 0.1) is 5.56 Å². The number of carbonyl (C=O) groups is 2. The van der Waals surface area contributed by atoms with Gasteiger partial charge in [-0.15, -0.1) is 0 Å². The molecule has 21 heavy (non-hydrogen) atoms. The Labute approximate surface area is 123 Å². The molecule has 1 aromatic rings. The highest BCUT2D eigenvalue weighted by molar-refractivity contribution is 5.98. The van der Waals surface area contributed by atoms with Crippen LogP contribution in [-0.4, -0.2) is 35.5 Å². The smallest absolute Gasteiger partial charge is 0.258 e. The van der Waals surface area contributed by atoms with Gasteiger partial charge in [0.1, 0.15) is 5.75 Å². The minimum absolute atomic E-state index is 0.0844. The highest BCUT2D eigenvalue weighted by atomic mass is 16.5. The topological polar surface area (TPSA) is 58.6 Å². The van der Waals surface area contributed by atoms with Gasteiger partial charge in [0.15, 0.2) is 5.72 Å². The van der Waals surface area contributed by atoms with E-state index in [9.17, 15) is 9.59 Å². The predicted molar refractivity (Wildman–Crippen MR) is 75.8 cm³/mol. The summed E-state index contributed by atoms with van der Waals surface area (Å²) >= 11 is 0. The number of nitrogens with one attached hydrogen (secondary N) is 1. The molecular formula is C16H18N2O3. The lowest BCUT2D eigenvalue weighted by Gasteiger charge is -2.44. The first kappa shape index (κ1) is 12.7. The van der Waals surface area contributed by atoms with E-state index in [1.54, 1.807) is 6.07 Å². The van der Waals surface area contributed by atoms with E-state index in [-0.39, 0.29) is 17.7 Å². The van der Waals surface area contributed by atoms with Crippen molar-refractivity contribution in [3.05, 3.63) is 29.8 Å². The zero-order valence-corrected chi connectivity index (χ0v) is 11.8. The van der Waals surface area contributed by atoms with E-state index in [1.165, 1.54) is 0 Å². The summed E-state index contributed by atoms with van der Waals surface area (Å²) in [5.74, 6) is 1.08. The summed E-state index contributed by atoms with van der Waals surface area (Å²) in [6.45, 7) is 1.30.